The summed E-state index contributed by atoms with van der Waals surface area (Å²) in [6.45, 7) is 2.81. The van der Waals surface area contributed by atoms with Crippen LogP contribution in [0.5, 0.6) is 0 Å². The molecule has 1 aliphatic heterocycles. The first-order valence-electron chi connectivity index (χ1n) is 10.4. The quantitative estimate of drug-likeness (QED) is 0.634. The van der Waals surface area contributed by atoms with Gasteiger partial charge in [-0.1, -0.05) is 31.5 Å². The van der Waals surface area contributed by atoms with Gasteiger partial charge in [0.05, 0.1) is 22.5 Å². The highest BCUT2D eigenvalue weighted by Crippen LogP contribution is 2.41. The Morgan fingerprint density at radius 3 is 2.46 bits per heavy atom. The first kappa shape index (κ1) is 20.5. The van der Waals surface area contributed by atoms with Gasteiger partial charge in [-0.25, -0.2) is 19.3 Å². The van der Waals surface area contributed by atoms with Crippen molar-refractivity contribution in [1.82, 2.24) is 16.2 Å². The average Bonchev–Trinajstić information content (AvgIpc) is 3.19. The van der Waals surface area contributed by atoms with Crippen LogP contribution in [-0.2, 0) is 14.8 Å². The highest BCUT2D eigenvalue weighted by molar-refractivity contribution is 8.04. The predicted molar refractivity (Wildman–Crippen MR) is 112 cm³/mol. The van der Waals surface area contributed by atoms with E-state index in [-0.39, 0.29) is 28.4 Å². The minimum absolute atomic E-state index is 0.0505. The molecule has 0 aromatic carbocycles. The number of sulfonamides is 1. The number of hydrogen-bond donors (Lipinski definition) is 3. The zero-order valence-electron chi connectivity index (χ0n) is 16.3. The second-order valence-electron chi connectivity index (χ2n) is 8.48. The first-order chi connectivity index (χ1) is 13.4. The summed E-state index contributed by atoms with van der Waals surface area (Å²) in [5.41, 5.74) is 6.55. The van der Waals surface area contributed by atoms with Crippen LogP contribution in [0.25, 0.3) is 0 Å². The number of fused-ring (bicyclic) bond motifs is 1. The number of rotatable bonds is 4. The minimum atomic E-state index is -3.55. The second kappa shape index (κ2) is 8.55. The van der Waals surface area contributed by atoms with Crippen molar-refractivity contribution in [2.75, 3.05) is 6.67 Å². The number of carbonyl (C=O) groups excluding carboxylic acids is 1. The van der Waals surface area contributed by atoms with E-state index >= 15 is 0 Å². The third-order valence-corrected chi connectivity index (χ3v) is 9.35. The predicted octanol–water partition coefficient (Wildman–Crippen LogP) is 2.28. The molecule has 1 saturated heterocycles. The lowest BCUT2D eigenvalue weighted by atomic mass is 9.72. The lowest BCUT2D eigenvalue weighted by Crippen LogP contribution is -2.39. The average molecular weight is 427 g/mol. The molecule has 1 heterocycles. The molecule has 3 unspecified atom stereocenters. The summed E-state index contributed by atoms with van der Waals surface area (Å²) in [4.78, 5) is 13.6. The van der Waals surface area contributed by atoms with E-state index in [1.165, 1.54) is 11.8 Å². The largest absolute Gasteiger partial charge is 0.293 e. The van der Waals surface area contributed by atoms with Crippen LogP contribution in [-0.4, -0.2) is 37.3 Å². The standard InChI is InChI=1S/C19H30N4O3S2/c1-12-6-8-13(9-7-12)28(25,26)23-16-10-17(27-19-20-11-21-22-19)18(24)15-5-3-2-4-14(15)16/h10,12-15,19-22H,2-9,11H2,1H3/b23-16+. The molecular formula is C19H30N4O3S2. The number of hydrazine groups is 1. The number of thioether (sulfide) groups is 1. The molecule has 0 aromatic heterocycles. The maximum atomic E-state index is 13.0. The van der Waals surface area contributed by atoms with E-state index in [4.69, 9.17) is 0 Å². The van der Waals surface area contributed by atoms with Gasteiger partial charge in [-0.15, -0.1) is 0 Å². The maximum Gasteiger partial charge on any atom is 0.256 e. The normalized spacial score (nSPS) is 38.3. The smallest absolute Gasteiger partial charge is 0.256 e. The van der Waals surface area contributed by atoms with Crippen LogP contribution in [0.1, 0.15) is 58.3 Å². The SMILES string of the molecule is CC1CCC(S(=O)(=O)/N=C2\C=C(SC3NCNN3)C(=O)C3CCCCC23)CC1. The molecule has 2 saturated carbocycles. The molecule has 4 rings (SSSR count). The van der Waals surface area contributed by atoms with Gasteiger partial charge in [0.15, 0.2) is 5.78 Å². The van der Waals surface area contributed by atoms with E-state index < -0.39 is 10.0 Å². The van der Waals surface area contributed by atoms with E-state index in [0.717, 1.165) is 38.5 Å². The van der Waals surface area contributed by atoms with E-state index in [0.29, 0.717) is 36.0 Å². The Bertz CT molecular complexity index is 766. The van der Waals surface area contributed by atoms with Crippen LogP contribution in [0.2, 0.25) is 0 Å². The van der Waals surface area contributed by atoms with Crippen LogP contribution in [0, 0.1) is 17.8 Å². The van der Waals surface area contributed by atoms with Crippen LogP contribution in [0.4, 0.5) is 0 Å². The fraction of sp³-hybridized carbons (Fsp3) is 0.789. The summed E-state index contributed by atoms with van der Waals surface area (Å²) < 4.78 is 30.4. The molecule has 3 fully saturated rings. The summed E-state index contributed by atoms with van der Waals surface area (Å²) >= 11 is 1.41. The van der Waals surface area contributed by atoms with Gasteiger partial charge in [-0.05, 0) is 50.5 Å². The van der Waals surface area contributed by atoms with Gasteiger partial charge in [0.1, 0.15) is 5.50 Å². The van der Waals surface area contributed by atoms with E-state index in [2.05, 4.69) is 27.5 Å². The number of Topliss-reactive ketones (excluding diaryl/α,β-unsaturated/α-hetero) is 1. The Labute approximate surface area is 171 Å². The van der Waals surface area contributed by atoms with Crippen molar-refractivity contribution in [3.8, 4) is 0 Å². The third-order valence-electron chi connectivity index (χ3n) is 6.48. The van der Waals surface area contributed by atoms with Gasteiger partial charge in [-0.3, -0.25) is 10.1 Å². The second-order valence-corrected chi connectivity index (χ2v) is 11.5. The molecule has 3 aliphatic carbocycles. The van der Waals surface area contributed by atoms with Crippen LogP contribution < -0.4 is 16.2 Å². The minimum Gasteiger partial charge on any atom is -0.293 e. The Balaban J connectivity index is 1.62. The lowest BCUT2D eigenvalue weighted by Gasteiger charge is -2.35. The molecule has 4 aliphatic rings. The molecule has 0 amide bonds. The van der Waals surface area contributed by atoms with Crippen LogP contribution in [0.15, 0.2) is 15.4 Å². The fourth-order valence-electron chi connectivity index (χ4n) is 4.77. The first-order valence-corrected chi connectivity index (χ1v) is 12.8. The number of hydrogen-bond acceptors (Lipinski definition) is 7. The summed E-state index contributed by atoms with van der Waals surface area (Å²) in [5, 5.41) is 2.83. The maximum absolute atomic E-state index is 13.0. The van der Waals surface area contributed by atoms with Gasteiger partial charge in [0.2, 0.25) is 0 Å². The number of nitrogens with one attached hydrogen (secondary N) is 3. The Hall–Kier alpha value is -0.740. The molecule has 156 valence electrons. The molecule has 9 heteroatoms. The topological polar surface area (TPSA) is 99.7 Å². The van der Waals surface area contributed by atoms with Crippen molar-refractivity contribution < 1.29 is 13.2 Å². The number of allylic oxidation sites excluding steroid dienone is 2. The highest BCUT2D eigenvalue weighted by atomic mass is 32.2. The van der Waals surface area contributed by atoms with Crippen molar-refractivity contribution in [1.29, 1.82) is 0 Å². The Morgan fingerprint density at radius 1 is 1.07 bits per heavy atom. The van der Waals surface area contributed by atoms with Crippen molar-refractivity contribution >= 4 is 33.3 Å². The summed E-state index contributed by atoms with van der Waals surface area (Å²) in [6, 6.07) is 0. The van der Waals surface area contributed by atoms with E-state index in [1.807, 2.05) is 0 Å². The van der Waals surface area contributed by atoms with Crippen molar-refractivity contribution in [2.45, 2.75) is 69.0 Å². The van der Waals surface area contributed by atoms with E-state index in [9.17, 15) is 13.2 Å². The van der Waals surface area contributed by atoms with Crippen LogP contribution in [0.3, 0.4) is 0 Å². The van der Waals surface area contributed by atoms with Gasteiger partial charge < -0.3 is 0 Å². The molecule has 0 spiro atoms. The zero-order valence-corrected chi connectivity index (χ0v) is 17.9. The highest BCUT2D eigenvalue weighted by Gasteiger charge is 2.41. The van der Waals surface area contributed by atoms with Gasteiger partial charge in [-0.2, -0.15) is 4.40 Å². The summed E-state index contributed by atoms with van der Waals surface area (Å²) in [6.07, 6.45) is 8.76. The third kappa shape index (κ3) is 4.38. The van der Waals surface area contributed by atoms with Crippen molar-refractivity contribution in [3.63, 3.8) is 0 Å². The number of carbonyl (C=O) groups is 1. The van der Waals surface area contributed by atoms with E-state index in [1.54, 1.807) is 6.08 Å². The van der Waals surface area contributed by atoms with Gasteiger partial charge >= 0.3 is 0 Å². The zero-order chi connectivity index (χ0) is 19.7. The number of nitrogens with zero attached hydrogens (tertiary/aromatic N) is 1. The molecule has 3 N–H and O–H groups in total. The lowest BCUT2D eigenvalue weighted by molar-refractivity contribution is -0.120. The Kier molecular flexibility index (Phi) is 6.27. The van der Waals surface area contributed by atoms with Crippen molar-refractivity contribution in [3.05, 3.63) is 11.0 Å². The molecule has 3 atom stereocenters. The molecular weight excluding hydrogens is 396 g/mol. The summed E-state index contributed by atoms with van der Waals surface area (Å²) in [5.74, 6) is 0.562. The number of ketones is 1. The van der Waals surface area contributed by atoms with Crippen LogP contribution >= 0.6 is 11.8 Å². The molecule has 0 bridgehead atoms. The molecule has 0 radical (unpaired) electrons. The fourth-order valence-corrected chi connectivity index (χ4v) is 7.28. The molecule has 7 nitrogen and oxygen atoms in total. The Morgan fingerprint density at radius 2 is 1.79 bits per heavy atom. The van der Waals surface area contributed by atoms with Crippen molar-refractivity contribution in [2.24, 2.45) is 22.2 Å². The van der Waals surface area contributed by atoms with Gasteiger partial charge in [0, 0.05) is 11.8 Å². The summed E-state index contributed by atoms with van der Waals surface area (Å²) in [7, 11) is -3.55. The van der Waals surface area contributed by atoms with Gasteiger partial charge in [0.25, 0.3) is 10.0 Å². The molecule has 28 heavy (non-hydrogen) atoms. The monoisotopic (exact) mass is 426 g/mol. The molecule has 0 aromatic rings.